The van der Waals surface area contributed by atoms with Crippen molar-refractivity contribution in [2.45, 2.75) is 13.5 Å². The van der Waals surface area contributed by atoms with E-state index in [1.54, 1.807) is 6.20 Å². The minimum absolute atomic E-state index is 0.283. The summed E-state index contributed by atoms with van der Waals surface area (Å²) in [5.74, 6) is 2.74. The van der Waals surface area contributed by atoms with Crippen LogP contribution in [0.1, 0.15) is 11.5 Å². The highest BCUT2D eigenvalue weighted by Gasteiger charge is 2.43. The van der Waals surface area contributed by atoms with E-state index in [0.717, 1.165) is 30.0 Å². The van der Waals surface area contributed by atoms with E-state index in [4.69, 9.17) is 4.42 Å². The first-order valence-corrected chi connectivity index (χ1v) is 9.76. The molecular formula is C17H20N2O3S. The molecule has 122 valence electrons. The van der Waals surface area contributed by atoms with Crippen molar-refractivity contribution in [1.82, 2.24) is 9.88 Å². The SMILES string of the molecule is Cc1ccccc1-c1cnc(CN2C[C@@H]3CS(=O)(=O)C[C@@H]3C2)o1. The average Bonchev–Trinajstić information content (AvgIpc) is 3.13. The minimum atomic E-state index is -2.80. The Hall–Kier alpha value is -1.66. The van der Waals surface area contributed by atoms with Gasteiger partial charge in [-0.2, -0.15) is 0 Å². The van der Waals surface area contributed by atoms with Gasteiger partial charge in [0.15, 0.2) is 15.6 Å². The summed E-state index contributed by atoms with van der Waals surface area (Å²) in [6.07, 6.45) is 1.78. The summed E-state index contributed by atoms with van der Waals surface area (Å²) in [4.78, 5) is 6.65. The third-order valence-electron chi connectivity index (χ3n) is 4.91. The second-order valence-electron chi connectivity index (χ2n) is 6.72. The molecule has 0 bridgehead atoms. The molecule has 2 aromatic rings. The van der Waals surface area contributed by atoms with Crippen molar-refractivity contribution in [2.75, 3.05) is 24.6 Å². The van der Waals surface area contributed by atoms with Gasteiger partial charge in [0.2, 0.25) is 5.89 Å². The quantitative estimate of drug-likeness (QED) is 0.861. The van der Waals surface area contributed by atoms with Gasteiger partial charge in [0.05, 0.1) is 24.2 Å². The summed E-state index contributed by atoms with van der Waals surface area (Å²) in [6, 6.07) is 8.09. The Balaban J connectivity index is 1.45. The van der Waals surface area contributed by atoms with Crippen molar-refractivity contribution in [2.24, 2.45) is 11.8 Å². The number of sulfone groups is 1. The van der Waals surface area contributed by atoms with Crippen LogP contribution in [0.3, 0.4) is 0 Å². The maximum Gasteiger partial charge on any atom is 0.209 e. The van der Waals surface area contributed by atoms with E-state index in [1.807, 2.05) is 18.2 Å². The Kier molecular flexibility index (Phi) is 3.54. The van der Waals surface area contributed by atoms with Crippen LogP contribution in [0.15, 0.2) is 34.9 Å². The molecule has 0 amide bonds. The van der Waals surface area contributed by atoms with Crippen molar-refractivity contribution in [3.8, 4) is 11.3 Å². The molecule has 1 aromatic carbocycles. The van der Waals surface area contributed by atoms with Crippen molar-refractivity contribution in [1.29, 1.82) is 0 Å². The number of nitrogens with zero attached hydrogens (tertiary/aromatic N) is 2. The number of likely N-dealkylation sites (tertiary alicyclic amines) is 1. The average molecular weight is 332 g/mol. The maximum absolute atomic E-state index is 11.7. The molecule has 0 N–H and O–H groups in total. The van der Waals surface area contributed by atoms with Crippen molar-refractivity contribution >= 4 is 9.84 Å². The lowest BCUT2D eigenvalue weighted by atomic mass is 10.0. The fourth-order valence-corrected chi connectivity index (χ4v) is 6.01. The Labute approximate surface area is 136 Å². The Bertz CT molecular complexity index is 808. The summed E-state index contributed by atoms with van der Waals surface area (Å²) in [6.45, 7) is 4.36. The summed E-state index contributed by atoms with van der Waals surface area (Å²) < 4.78 is 29.2. The molecule has 6 heteroatoms. The number of fused-ring (bicyclic) bond motifs is 1. The molecule has 0 aliphatic carbocycles. The van der Waals surface area contributed by atoms with Crippen LogP contribution in [-0.2, 0) is 16.4 Å². The lowest BCUT2D eigenvalue weighted by Gasteiger charge is -2.14. The van der Waals surface area contributed by atoms with Crippen LogP contribution in [0.2, 0.25) is 0 Å². The van der Waals surface area contributed by atoms with Crippen LogP contribution >= 0.6 is 0 Å². The molecule has 23 heavy (non-hydrogen) atoms. The molecule has 2 saturated heterocycles. The molecule has 0 radical (unpaired) electrons. The summed E-state index contributed by atoms with van der Waals surface area (Å²) >= 11 is 0. The van der Waals surface area contributed by atoms with E-state index in [1.165, 1.54) is 0 Å². The molecule has 1 aromatic heterocycles. The van der Waals surface area contributed by atoms with E-state index in [0.29, 0.717) is 23.9 Å². The number of aryl methyl sites for hydroxylation is 1. The van der Waals surface area contributed by atoms with E-state index < -0.39 is 9.84 Å². The van der Waals surface area contributed by atoms with Crippen LogP contribution < -0.4 is 0 Å². The van der Waals surface area contributed by atoms with Gasteiger partial charge in [-0.25, -0.2) is 13.4 Å². The maximum atomic E-state index is 11.7. The van der Waals surface area contributed by atoms with Gasteiger partial charge in [0, 0.05) is 18.7 Å². The van der Waals surface area contributed by atoms with Crippen molar-refractivity contribution in [3.05, 3.63) is 41.9 Å². The molecule has 3 heterocycles. The molecule has 5 nitrogen and oxygen atoms in total. The van der Waals surface area contributed by atoms with Gasteiger partial charge in [-0.3, -0.25) is 4.90 Å². The fraction of sp³-hybridized carbons (Fsp3) is 0.471. The first-order valence-electron chi connectivity index (χ1n) is 7.94. The number of hydrogen-bond donors (Lipinski definition) is 0. The smallest absolute Gasteiger partial charge is 0.209 e. The van der Waals surface area contributed by atoms with E-state index >= 15 is 0 Å². The summed E-state index contributed by atoms with van der Waals surface area (Å²) in [5.41, 5.74) is 2.23. The normalized spacial score (nSPS) is 26.5. The first-order chi connectivity index (χ1) is 11.0. The second kappa shape index (κ2) is 5.46. The minimum Gasteiger partial charge on any atom is -0.439 e. The van der Waals surface area contributed by atoms with Crippen LogP contribution in [0.5, 0.6) is 0 Å². The molecule has 2 aliphatic heterocycles. The zero-order valence-corrected chi connectivity index (χ0v) is 13.9. The second-order valence-corrected chi connectivity index (χ2v) is 8.88. The number of rotatable bonds is 3. The topological polar surface area (TPSA) is 63.4 Å². The zero-order chi connectivity index (χ0) is 16.0. The Morgan fingerprint density at radius 3 is 2.61 bits per heavy atom. The van der Waals surface area contributed by atoms with Gasteiger partial charge in [0.1, 0.15) is 0 Å². The van der Waals surface area contributed by atoms with Gasteiger partial charge in [-0.1, -0.05) is 24.3 Å². The highest BCUT2D eigenvalue weighted by Crippen LogP contribution is 2.33. The van der Waals surface area contributed by atoms with Crippen LogP contribution in [-0.4, -0.2) is 42.9 Å². The molecule has 0 spiro atoms. The molecular weight excluding hydrogens is 312 g/mol. The van der Waals surface area contributed by atoms with E-state index in [9.17, 15) is 8.42 Å². The van der Waals surface area contributed by atoms with Crippen LogP contribution in [0, 0.1) is 18.8 Å². The van der Waals surface area contributed by atoms with Gasteiger partial charge in [0.25, 0.3) is 0 Å². The number of hydrogen-bond acceptors (Lipinski definition) is 5. The van der Waals surface area contributed by atoms with Gasteiger partial charge in [-0.15, -0.1) is 0 Å². The fourth-order valence-electron chi connectivity index (χ4n) is 3.81. The Morgan fingerprint density at radius 2 is 1.91 bits per heavy atom. The van der Waals surface area contributed by atoms with Crippen molar-refractivity contribution < 1.29 is 12.8 Å². The molecule has 0 unspecified atom stereocenters. The third kappa shape index (κ3) is 2.93. The van der Waals surface area contributed by atoms with E-state index in [-0.39, 0.29) is 11.8 Å². The highest BCUT2D eigenvalue weighted by molar-refractivity contribution is 7.91. The molecule has 2 atom stereocenters. The Morgan fingerprint density at radius 1 is 1.22 bits per heavy atom. The monoisotopic (exact) mass is 332 g/mol. The highest BCUT2D eigenvalue weighted by atomic mass is 32.2. The molecule has 2 aliphatic rings. The first kappa shape index (κ1) is 14.9. The third-order valence-corrected chi connectivity index (χ3v) is 6.78. The molecule has 2 fully saturated rings. The predicted molar refractivity (Wildman–Crippen MR) is 87.6 cm³/mol. The van der Waals surface area contributed by atoms with Gasteiger partial charge in [-0.05, 0) is 24.3 Å². The van der Waals surface area contributed by atoms with Crippen molar-refractivity contribution in [3.63, 3.8) is 0 Å². The lowest BCUT2D eigenvalue weighted by molar-refractivity contribution is 0.280. The van der Waals surface area contributed by atoms with Crippen LogP contribution in [0.25, 0.3) is 11.3 Å². The summed E-state index contributed by atoms with van der Waals surface area (Å²) in [5, 5.41) is 0. The summed E-state index contributed by atoms with van der Waals surface area (Å²) in [7, 11) is -2.80. The van der Waals surface area contributed by atoms with E-state index in [2.05, 4.69) is 22.9 Å². The standard InChI is InChI=1S/C17H20N2O3S/c1-12-4-2-3-5-15(12)16-6-18-17(22-16)9-19-7-13-10-23(20,21)11-14(13)8-19/h2-6,13-14H,7-11H2,1H3/t13-,14+. The largest absolute Gasteiger partial charge is 0.439 e. The lowest BCUT2D eigenvalue weighted by Crippen LogP contribution is -2.24. The number of oxazole rings is 1. The molecule has 0 saturated carbocycles. The van der Waals surface area contributed by atoms with Crippen LogP contribution in [0.4, 0.5) is 0 Å². The number of aromatic nitrogens is 1. The van der Waals surface area contributed by atoms with Gasteiger partial charge < -0.3 is 4.42 Å². The zero-order valence-electron chi connectivity index (χ0n) is 13.1. The van der Waals surface area contributed by atoms with Gasteiger partial charge >= 0.3 is 0 Å². The predicted octanol–water partition coefficient (Wildman–Crippen LogP) is 2.13. The number of benzene rings is 1. The molecule has 4 rings (SSSR count).